The summed E-state index contributed by atoms with van der Waals surface area (Å²) in [6.07, 6.45) is 3.58. The molecule has 0 aliphatic heterocycles. The van der Waals surface area contributed by atoms with Crippen LogP contribution >= 0.6 is 23.4 Å². The van der Waals surface area contributed by atoms with Gasteiger partial charge in [-0.15, -0.1) is 10.2 Å². The lowest BCUT2D eigenvalue weighted by Crippen LogP contribution is -2.30. The van der Waals surface area contributed by atoms with Gasteiger partial charge in [0.15, 0.2) is 0 Å². The van der Waals surface area contributed by atoms with Crippen molar-refractivity contribution in [1.82, 2.24) is 19.5 Å². The molecule has 0 radical (unpaired) electrons. The number of aryl methyl sites for hydroxylation is 1. The Morgan fingerprint density at radius 1 is 1.00 bits per heavy atom. The highest BCUT2D eigenvalue weighted by molar-refractivity contribution is 7.98. The van der Waals surface area contributed by atoms with E-state index in [0.29, 0.717) is 15.9 Å². The molecule has 0 spiro atoms. The molecule has 6 nitrogen and oxygen atoms in total. The van der Waals surface area contributed by atoms with Gasteiger partial charge in [0.25, 0.3) is 0 Å². The zero-order valence-corrected chi connectivity index (χ0v) is 17.2. The highest BCUT2D eigenvalue weighted by Gasteiger charge is 2.15. The summed E-state index contributed by atoms with van der Waals surface area (Å²) in [5.41, 5.74) is 2.59. The Balaban J connectivity index is 1.68. The van der Waals surface area contributed by atoms with E-state index in [9.17, 15) is 4.79 Å². The first-order valence-electron chi connectivity index (χ1n) is 8.95. The number of nitrogens with zero attached hydrogens (tertiary/aromatic N) is 4. The molecule has 0 unspecified atom stereocenters. The van der Waals surface area contributed by atoms with E-state index in [-0.39, 0.29) is 11.4 Å². The molecule has 2 heterocycles. The van der Waals surface area contributed by atoms with Crippen LogP contribution in [0.2, 0.25) is 5.02 Å². The maximum Gasteiger partial charge on any atom is 0.316 e. The van der Waals surface area contributed by atoms with Crippen molar-refractivity contribution < 1.29 is 0 Å². The number of aromatic nitrogens is 4. The van der Waals surface area contributed by atoms with Crippen LogP contribution in [0.25, 0.3) is 0 Å². The number of hydrogen-bond donors (Lipinski definition) is 1. The number of thioether (sulfide) groups is 1. The second kappa shape index (κ2) is 8.55. The van der Waals surface area contributed by atoms with Crippen molar-refractivity contribution in [2.75, 3.05) is 5.32 Å². The quantitative estimate of drug-likeness (QED) is 0.453. The molecule has 8 heteroatoms. The SMILES string of the molecule is Cc1ccc(Nc2nnc(SCc3ccccc3Cl)n(-n3cccc3)c2=O)cc1. The summed E-state index contributed by atoms with van der Waals surface area (Å²) >= 11 is 7.65. The Labute approximate surface area is 177 Å². The van der Waals surface area contributed by atoms with Crippen LogP contribution in [0.1, 0.15) is 11.1 Å². The molecule has 0 bridgehead atoms. The Morgan fingerprint density at radius 3 is 2.45 bits per heavy atom. The number of rotatable bonds is 6. The normalized spacial score (nSPS) is 10.8. The third-order valence-electron chi connectivity index (χ3n) is 4.26. The molecule has 0 aliphatic carbocycles. The fourth-order valence-electron chi connectivity index (χ4n) is 2.73. The van der Waals surface area contributed by atoms with Crippen LogP contribution in [-0.4, -0.2) is 19.5 Å². The number of nitrogens with one attached hydrogen (secondary N) is 1. The summed E-state index contributed by atoms with van der Waals surface area (Å²) in [5, 5.41) is 12.7. The van der Waals surface area contributed by atoms with Crippen LogP contribution in [0.5, 0.6) is 0 Å². The fraction of sp³-hybridized carbons (Fsp3) is 0.0952. The molecule has 0 amide bonds. The molecular weight excluding hydrogens is 406 g/mol. The predicted octanol–water partition coefficient (Wildman–Crippen LogP) is 4.75. The average molecular weight is 424 g/mol. The maximum absolute atomic E-state index is 13.2. The van der Waals surface area contributed by atoms with E-state index in [2.05, 4.69) is 15.5 Å². The van der Waals surface area contributed by atoms with Gasteiger partial charge >= 0.3 is 5.56 Å². The van der Waals surface area contributed by atoms with Crippen LogP contribution < -0.4 is 10.9 Å². The molecule has 0 fully saturated rings. The molecule has 4 aromatic rings. The molecule has 0 saturated heterocycles. The minimum atomic E-state index is -0.293. The summed E-state index contributed by atoms with van der Waals surface area (Å²) in [4.78, 5) is 13.2. The monoisotopic (exact) mass is 423 g/mol. The fourth-order valence-corrected chi connectivity index (χ4v) is 3.94. The van der Waals surface area contributed by atoms with E-state index in [1.54, 1.807) is 17.1 Å². The summed E-state index contributed by atoms with van der Waals surface area (Å²) in [5.74, 6) is 0.726. The molecular formula is C21H18ClN5OS. The smallest absolute Gasteiger partial charge is 0.316 e. The first kappa shape index (κ1) is 19.3. The van der Waals surface area contributed by atoms with Crippen LogP contribution in [0.4, 0.5) is 11.5 Å². The third-order valence-corrected chi connectivity index (χ3v) is 5.60. The van der Waals surface area contributed by atoms with Crippen molar-refractivity contribution in [2.45, 2.75) is 17.8 Å². The standard InChI is InChI=1S/C21H18ClN5OS/c1-15-8-10-17(11-9-15)23-19-20(28)27(26-12-4-5-13-26)21(25-24-19)29-14-16-6-2-3-7-18(16)22/h2-13H,14H2,1H3,(H,23,24). The van der Waals surface area contributed by atoms with Gasteiger partial charge in [0.05, 0.1) is 0 Å². The molecule has 2 aromatic carbocycles. The van der Waals surface area contributed by atoms with Gasteiger partial charge in [0, 0.05) is 28.9 Å². The highest BCUT2D eigenvalue weighted by atomic mass is 35.5. The van der Waals surface area contributed by atoms with Crippen molar-refractivity contribution in [2.24, 2.45) is 0 Å². The molecule has 0 aliphatic rings. The Kier molecular flexibility index (Phi) is 5.69. The lowest BCUT2D eigenvalue weighted by atomic mass is 10.2. The maximum atomic E-state index is 13.2. The molecule has 1 N–H and O–H groups in total. The van der Waals surface area contributed by atoms with Crippen LogP contribution in [0, 0.1) is 6.92 Å². The van der Waals surface area contributed by atoms with Gasteiger partial charge in [-0.25, -0.2) is 0 Å². The molecule has 2 aromatic heterocycles. The summed E-state index contributed by atoms with van der Waals surface area (Å²) in [6, 6.07) is 19.0. The Hall–Kier alpha value is -3.03. The zero-order valence-electron chi connectivity index (χ0n) is 15.6. The highest BCUT2D eigenvalue weighted by Crippen LogP contribution is 2.25. The van der Waals surface area contributed by atoms with Gasteiger partial charge in [0.1, 0.15) is 0 Å². The minimum Gasteiger partial charge on any atom is -0.334 e. The zero-order chi connectivity index (χ0) is 20.2. The number of benzene rings is 2. The van der Waals surface area contributed by atoms with Gasteiger partial charge in [-0.3, -0.25) is 9.47 Å². The minimum absolute atomic E-state index is 0.157. The number of hydrogen-bond acceptors (Lipinski definition) is 5. The van der Waals surface area contributed by atoms with E-state index in [4.69, 9.17) is 11.6 Å². The third kappa shape index (κ3) is 4.36. The summed E-state index contributed by atoms with van der Waals surface area (Å²) in [7, 11) is 0. The lowest BCUT2D eigenvalue weighted by molar-refractivity contribution is 0.533. The number of halogens is 1. The lowest BCUT2D eigenvalue weighted by Gasteiger charge is -2.14. The van der Waals surface area contributed by atoms with Crippen molar-refractivity contribution >= 4 is 34.9 Å². The molecule has 4 rings (SSSR count). The number of anilines is 2. The molecule has 146 valence electrons. The van der Waals surface area contributed by atoms with E-state index in [1.165, 1.54) is 16.4 Å². The average Bonchev–Trinajstić information content (AvgIpc) is 3.25. The Bertz CT molecular complexity index is 1170. The Morgan fingerprint density at radius 2 is 1.72 bits per heavy atom. The van der Waals surface area contributed by atoms with Gasteiger partial charge in [0.2, 0.25) is 11.0 Å². The van der Waals surface area contributed by atoms with Crippen molar-refractivity contribution in [3.63, 3.8) is 0 Å². The molecule has 0 saturated carbocycles. The van der Waals surface area contributed by atoms with Gasteiger partial charge in [-0.2, -0.15) is 4.68 Å². The first-order valence-corrected chi connectivity index (χ1v) is 10.3. The topological polar surface area (TPSA) is 64.7 Å². The second-order valence-corrected chi connectivity index (χ2v) is 7.73. The van der Waals surface area contributed by atoms with Crippen molar-refractivity contribution in [3.8, 4) is 0 Å². The van der Waals surface area contributed by atoms with E-state index in [1.807, 2.05) is 67.6 Å². The molecule has 29 heavy (non-hydrogen) atoms. The summed E-state index contributed by atoms with van der Waals surface area (Å²) in [6.45, 7) is 2.01. The van der Waals surface area contributed by atoms with Gasteiger partial charge < -0.3 is 5.32 Å². The van der Waals surface area contributed by atoms with E-state index >= 15 is 0 Å². The van der Waals surface area contributed by atoms with Crippen LogP contribution in [-0.2, 0) is 5.75 Å². The van der Waals surface area contributed by atoms with E-state index < -0.39 is 0 Å². The summed E-state index contributed by atoms with van der Waals surface area (Å²) < 4.78 is 3.18. The molecule has 0 atom stereocenters. The van der Waals surface area contributed by atoms with Crippen LogP contribution in [0.3, 0.4) is 0 Å². The van der Waals surface area contributed by atoms with Crippen molar-refractivity contribution in [1.29, 1.82) is 0 Å². The second-order valence-electron chi connectivity index (χ2n) is 6.38. The first-order chi connectivity index (χ1) is 14.1. The van der Waals surface area contributed by atoms with Gasteiger partial charge in [-0.1, -0.05) is 59.3 Å². The van der Waals surface area contributed by atoms with Gasteiger partial charge in [-0.05, 0) is 42.8 Å². The largest absolute Gasteiger partial charge is 0.334 e. The van der Waals surface area contributed by atoms with Crippen molar-refractivity contribution in [3.05, 3.63) is 99.6 Å². The predicted molar refractivity (Wildman–Crippen MR) is 117 cm³/mol. The van der Waals surface area contributed by atoms with Crippen LogP contribution in [0.15, 0.2) is 83.0 Å². The van der Waals surface area contributed by atoms with E-state index in [0.717, 1.165) is 16.8 Å².